The van der Waals surface area contributed by atoms with Crippen LogP contribution in [0, 0.1) is 5.82 Å². The minimum Gasteiger partial charge on any atom is -0.481 e. The van der Waals surface area contributed by atoms with Gasteiger partial charge in [-0.25, -0.2) is 21.6 Å². The van der Waals surface area contributed by atoms with E-state index in [4.69, 9.17) is 5.11 Å². The summed E-state index contributed by atoms with van der Waals surface area (Å²) in [7, 11) is -4.36. The van der Waals surface area contributed by atoms with Crippen LogP contribution < -0.4 is 0 Å². The molecule has 1 aliphatic rings. The van der Waals surface area contributed by atoms with Gasteiger partial charge >= 0.3 is 5.97 Å². The van der Waals surface area contributed by atoms with E-state index in [-0.39, 0.29) is 6.54 Å². The van der Waals surface area contributed by atoms with Gasteiger partial charge in [0.1, 0.15) is 10.7 Å². The first kappa shape index (κ1) is 16.8. The Morgan fingerprint density at radius 1 is 1.36 bits per heavy atom. The predicted molar refractivity (Wildman–Crippen MR) is 70.5 cm³/mol. The summed E-state index contributed by atoms with van der Waals surface area (Å²) < 4.78 is 65.0. The molecule has 5 nitrogen and oxygen atoms in total. The van der Waals surface area contributed by atoms with E-state index in [0.29, 0.717) is 25.0 Å². The molecule has 0 unspecified atom stereocenters. The second-order valence-electron chi connectivity index (χ2n) is 4.98. The lowest BCUT2D eigenvalue weighted by Gasteiger charge is -2.21. The summed E-state index contributed by atoms with van der Waals surface area (Å²) in [6.45, 7) is -0.319. The van der Waals surface area contributed by atoms with Gasteiger partial charge in [0.2, 0.25) is 10.0 Å². The van der Waals surface area contributed by atoms with E-state index < -0.39 is 51.2 Å². The highest BCUT2D eigenvalue weighted by Gasteiger charge is 2.39. The maximum absolute atomic E-state index is 13.8. The normalized spacial score (nSPS) is 15.5. The van der Waals surface area contributed by atoms with E-state index in [1.54, 1.807) is 0 Å². The zero-order valence-corrected chi connectivity index (χ0v) is 12.2. The van der Waals surface area contributed by atoms with Crippen LogP contribution in [-0.2, 0) is 14.8 Å². The number of hydrogen-bond donors (Lipinski definition) is 1. The third kappa shape index (κ3) is 3.58. The molecule has 1 fully saturated rings. The molecule has 0 aliphatic heterocycles. The quantitative estimate of drug-likeness (QED) is 0.829. The smallest absolute Gasteiger partial charge is 0.304 e. The highest BCUT2D eigenvalue weighted by Crippen LogP contribution is 2.34. The molecule has 22 heavy (non-hydrogen) atoms. The van der Waals surface area contributed by atoms with Crippen molar-refractivity contribution >= 4 is 16.0 Å². The van der Waals surface area contributed by atoms with Crippen LogP contribution in [0.25, 0.3) is 0 Å². The van der Waals surface area contributed by atoms with Crippen molar-refractivity contribution in [1.29, 1.82) is 0 Å². The average Bonchev–Trinajstić information content (AvgIpc) is 3.22. The van der Waals surface area contributed by atoms with Crippen molar-refractivity contribution in [3.63, 3.8) is 0 Å². The fourth-order valence-corrected chi connectivity index (χ4v) is 3.83. The largest absolute Gasteiger partial charge is 0.481 e. The standard InChI is InChI=1S/C13H14F3NO4S/c14-10-4-1-8(13(15)16)7-11(10)22(20,21)17(9-2-3-9)6-5-12(18)19/h1,4,7,9,13H,2-3,5-6H2,(H,18,19). The number of carboxylic acids is 1. The highest BCUT2D eigenvalue weighted by atomic mass is 32.2. The monoisotopic (exact) mass is 337 g/mol. The third-order valence-electron chi connectivity index (χ3n) is 3.29. The van der Waals surface area contributed by atoms with Crippen molar-refractivity contribution in [2.75, 3.05) is 6.54 Å². The van der Waals surface area contributed by atoms with Gasteiger partial charge in [0, 0.05) is 18.2 Å². The molecule has 0 amide bonds. The molecule has 1 aromatic carbocycles. The number of nitrogens with zero attached hydrogens (tertiary/aromatic N) is 1. The molecule has 1 N–H and O–H groups in total. The second kappa shape index (κ2) is 6.25. The van der Waals surface area contributed by atoms with Crippen LogP contribution in [0.2, 0.25) is 0 Å². The Hall–Kier alpha value is -1.61. The molecule has 1 saturated carbocycles. The molecule has 122 valence electrons. The zero-order chi connectivity index (χ0) is 16.5. The summed E-state index contributed by atoms with van der Waals surface area (Å²) in [5.41, 5.74) is -0.603. The van der Waals surface area contributed by atoms with Crippen LogP contribution >= 0.6 is 0 Å². The lowest BCUT2D eigenvalue weighted by molar-refractivity contribution is -0.137. The molecule has 1 aliphatic carbocycles. The topological polar surface area (TPSA) is 74.7 Å². The number of benzene rings is 1. The Labute approximate surface area is 125 Å². The third-order valence-corrected chi connectivity index (χ3v) is 5.26. The van der Waals surface area contributed by atoms with Gasteiger partial charge in [-0.05, 0) is 25.0 Å². The molecule has 0 radical (unpaired) electrons. The minimum absolute atomic E-state index is 0.319. The van der Waals surface area contributed by atoms with Gasteiger partial charge in [-0.15, -0.1) is 0 Å². The maximum Gasteiger partial charge on any atom is 0.304 e. The Bertz CT molecular complexity index is 674. The van der Waals surface area contributed by atoms with Gasteiger partial charge in [0.25, 0.3) is 6.43 Å². The molecule has 9 heteroatoms. The van der Waals surface area contributed by atoms with Gasteiger partial charge in [0.05, 0.1) is 6.42 Å². The lowest BCUT2D eigenvalue weighted by Crippen LogP contribution is -2.35. The molecule has 0 saturated heterocycles. The van der Waals surface area contributed by atoms with Gasteiger partial charge in [-0.1, -0.05) is 6.07 Å². The van der Waals surface area contributed by atoms with E-state index >= 15 is 0 Å². The van der Waals surface area contributed by atoms with E-state index in [1.807, 2.05) is 0 Å². The number of halogens is 3. The minimum atomic E-state index is -4.36. The Morgan fingerprint density at radius 3 is 2.50 bits per heavy atom. The summed E-state index contributed by atoms with van der Waals surface area (Å²) in [5, 5.41) is 8.68. The first-order valence-electron chi connectivity index (χ1n) is 6.54. The SMILES string of the molecule is O=C(O)CCN(C1CC1)S(=O)(=O)c1cc(C(F)F)ccc1F. The summed E-state index contributed by atoms with van der Waals surface area (Å²) >= 11 is 0. The molecular formula is C13H14F3NO4S. The maximum atomic E-state index is 13.8. The number of carbonyl (C=O) groups is 1. The van der Waals surface area contributed by atoms with Crippen molar-refractivity contribution in [2.45, 2.75) is 36.6 Å². The first-order valence-corrected chi connectivity index (χ1v) is 7.98. The molecule has 1 aromatic rings. The van der Waals surface area contributed by atoms with E-state index in [0.717, 1.165) is 10.4 Å². The molecule has 0 aromatic heterocycles. The molecule has 2 rings (SSSR count). The first-order chi connectivity index (χ1) is 10.2. The molecule has 0 heterocycles. The van der Waals surface area contributed by atoms with Crippen molar-refractivity contribution in [2.24, 2.45) is 0 Å². The van der Waals surface area contributed by atoms with E-state index in [1.165, 1.54) is 0 Å². The van der Waals surface area contributed by atoms with E-state index in [2.05, 4.69) is 0 Å². The molecule has 0 atom stereocenters. The van der Waals surface area contributed by atoms with Gasteiger partial charge in [-0.3, -0.25) is 4.79 Å². The number of carboxylic acid groups (broad SMARTS) is 1. The Morgan fingerprint density at radius 2 is 2.00 bits per heavy atom. The van der Waals surface area contributed by atoms with Crippen LogP contribution in [-0.4, -0.2) is 36.4 Å². The Balaban J connectivity index is 2.38. The number of sulfonamides is 1. The lowest BCUT2D eigenvalue weighted by atomic mass is 10.2. The fourth-order valence-electron chi connectivity index (χ4n) is 2.05. The average molecular weight is 337 g/mol. The second-order valence-corrected chi connectivity index (χ2v) is 6.84. The van der Waals surface area contributed by atoms with Crippen LogP contribution in [0.5, 0.6) is 0 Å². The summed E-state index contributed by atoms with van der Waals surface area (Å²) in [5.74, 6) is -2.33. The van der Waals surface area contributed by atoms with Crippen LogP contribution in [0.1, 0.15) is 31.3 Å². The van der Waals surface area contributed by atoms with Crippen LogP contribution in [0.4, 0.5) is 13.2 Å². The van der Waals surface area contributed by atoms with E-state index in [9.17, 15) is 26.4 Å². The van der Waals surface area contributed by atoms with Crippen LogP contribution in [0.15, 0.2) is 23.1 Å². The highest BCUT2D eigenvalue weighted by molar-refractivity contribution is 7.89. The Kier molecular flexibility index (Phi) is 4.76. The molecule has 0 bridgehead atoms. The number of rotatable bonds is 7. The number of alkyl halides is 2. The zero-order valence-electron chi connectivity index (χ0n) is 11.4. The van der Waals surface area contributed by atoms with Crippen molar-refractivity contribution in [1.82, 2.24) is 4.31 Å². The summed E-state index contributed by atoms with van der Waals surface area (Å²) in [4.78, 5) is 9.78. The van der Waals surface area contributed by atoms with Crippen molar-refractivity contribution < 1.29 is 31.5 Å². The van der Waals surface area contributed by atoms with Crippen molar-refractivity contribution in [3.05, 3.63) is 29.6 Å². The van der Waals surface area contributed by atoms with Gasteiger partial charge < -0.3 is 5.11 Å². The van der Waals surface area contributed by atoms with Crippen LogP contribution in [0.3, 0.4) is 0 Å². The number of aliphatic carboxylic acids is 1. The molecular weight excluding hydrogens is 323 g/mol. The fraction of sp³-hybridized carbons (Fsp3) is 0.462. The van der Waals surface area contributed by atoms with Gasteiger partial charge in [0.15, 0.2) is 0 Å². The molecule has 0 spiro atoms. The predicted octanol–water partition coefficient (Wildman–Crippen LogP) is 2.39. The number of hydrogen-bond acceptors (Lipinski definition) is 3. The van der Waals surface area contributed by atoms with Gasteiger partial charge in [-0.2, -0.15) is 4.31 Å². The summed E-state index contributed by atoms with van der Waals surface area (Å²) in [6.07, 6.45) is -2.29. The summed E-state index contributed by atoms with van der Waals surface area (Å²) in [6, 6.07) is 1.69. The van der Waals surface area contributed by atoms with Crippen molar-refractivity contribution in [3.8, 4) is 0 Å².